The maximum Gasteiger partial charge on any atom is 0.102 e. The van der Waals surface area contributed by atoms with Crippen molar-refractivity contribution in [1.82, 2.24) is 0 Å². The predicted molar refractivity (Wildman–Crippen MR) is 95.2 cm³/mol. The Kier molecular flexibility index (Phi) is 4.71. The van der Waals surface area contributed by atoms with E-state index in [4.69, 9.17) is 0 Å². The first-order valence-corrected chi connectivity index (χ1v) is 7.75. The van der Waals surface area contributed by atoms with Crippen molar-refractivity contribution >= 4 is 5.69 Å². The predicted octanol–water partition coefficient (Wildman–Crippen LogP) is 4.88. The summed E-state index contributed by atoms with van der Waals surface area (Å²) < 4.78 is 0. The van der Waals surface area contributed by atoms with Gasteiger partial charge in [0.25, 0.3) is 0 Å². The average molecular weight is 298 g/mol. The van der Waals surface area contributed by atoms with Crippen molar-refractivity contribution in [2.75, 3.05) is 11.9 Å². The molecule has 3 aromatic rings. The van der Waals surface area contributed by atoms with E-state index >= 15 is 0 Å². The molecule has 0 aliphatic heterocycles. The van der Waals surface area contributed by atoms with Gasteiger partial charge < -0.3 is 5.32 Å². The van der Waals surface area contributed by atoms with E-state index in [1.165, 1.54) is 5.56 Å². The Labute approximate surface area is 137 Å². The van der Waals surface area contributed by atoms with Gasteiger partial charge in [-0.15, -0.1) is 0 Å². The molecule has 0 aliphatic carbocycles. The largest absolute Gasteiger partial charge is 0.384 e. The third kappa shape index (κ3) is 3.59. The van der Waals surface area contributed by atoms with Gasteiger partial charge in [0, 0.05) is 12.1 Å². The van der Waals surface area contributed by atoms with Gasteiger partial charge >= 0.3 is 0 Å². The number of nitrogens with one attached hydrogen (secondary N) is 1. The van der Waals surface area contributed by atoms with E-state index in [2.05, 4.69) is 23.5 Å². The molecule has 0 unspecified atom stereocenters. The summed E-state index contributed by atoms with van der Waals surface area (Å²) >= 11 is 0. The fourth-order valence-electron chi connectivity index (χ4n) is 2.66. The fourth-order valence-corrected chi connectivity index (χ4v) is 2.66. The molecule has 0 saturated heterocycles. The molecule has 0 aromatic heterocycles. The van der Waals surface area contributed by atoms with Crippen LogP contribution in [0.1, 0.15) is 11.1 Å². The minimum Gasteiger partial charge on any atom is -0.384 e. The van der Waals surface area contributed by atoms with Crippen molar-refractivity contribution in [1.29, 1.82) is 5.26 Å². The Morgan fingerprint density at radius 1 is 0.783 bits per heavy atom. The van der Waals surface area contributed by atoms with Gasteiger partial charge in [-0.05, 0) is 23.6 Å². The third-order valence-corrected chi connectivity index (χ3v) is 3.83. The Morgan fingerprint density at radius 3 is 2.17 bits per heavy atom. The number of benzene rings is 3. The zero-order chi connectivity index (χ0) is 15.9. The first kappa shape index (κ1) is 14.9. The van der Waals surface area contributed by atoms with Crippen LogP contribution in [0, 0.1) is 11.3 Å². The monoisotopic (exact) mass is 298 g/mol. The molecule has 2 heteroatoms. The van der Waals surface area contributed by atoms with Gasteiger partial charge in [0.15, 0.2) is 0 Å². The summed E-state index contributed by atoms with van der Waals surface area (Å²) in [6.07, 6.45) is 0.932. The van der Waals surface area contributed by atoms with Crippen LogP contribution in [-0.2, 0) is 6.42 Å². The lowest BCUT2D eigenvalue weighted by molar-refractivity contribution is 1.02. The van der Waals surface area contributed by atoms with E-state index in [-0.39, 0.29) is 0 Å². The molecule has 3 rings (SSSR count). The summed E-state index contributed by atoms with van der Waals surface area (Å²) in [6, 6.07) is 28.7. The fraction of sp³-hybridized carbons (Fsp3) is 0.0952. The topological polar surface area (TPSA) is 35.8 Å². The summed E-state index contributed by atoms with van der Waals surface area (Å²) in [4.78, 5) is 0. The summed E-state index contributed by atoms with van der Waals surface area (Å²) in [5, 5.41) is 13.0. The van der Waals surface area contributed by atoms with E-state index in [1.807, 2.05) is 66.7 Å². The second-order valence-electron chi connectivity index (χ2n) is 5.37. The number of nitrogens with zero attached hydrogens (tertiary/aromatic N) is 1. The second kappa shape index (κ2) is 7.29. The van der Waals surface area contributed by atoms with E-state index in [9.17, 15) is 5.26 Å². The number of hydrogen-bond acceptors (Lipinski definition) is 2. The molecule has 0 fully saturated rings. The number of nitriles is 1. The lowest BCUT2D eigenvalue weighted by Gasteiger charge is -2.12. The summed E-state index contributed by atoms with van der Waals surface area (Å²) in [5.74, 6) is 0. The van der Waals surface area contributed by atoms with Crippen molar-refractivity contribution in [3.8, 4) is 17.2 Å². The first-order chi connectivity index (χ1) is 11.4. The molecular weight excluding hydrogens is 280 g/mol. The molecule has 0 saturated carbocycles. The zero-order valence-corrected chi connectivity index (χ0v) is 12.9. The number of hydrogen-bond donors (Lipinski definition) is 1. The maximum atomic E-state index is 9.59. The first-order valence-electron chi connectivity index (χ1n) is 7.75. The van der Waals surface area contributed by atoms with Crippen molar-refractivity contribution < 1.29 is 0 Å². The van der Waals surface area contributed by atoms with Gasteiger partial charge in [-0.1, -0.05) is 72.8 Å². The van der Waals surface area contributed by atoms with Crippen LogP contribution in [0.3, 0.4) is 0 Å². The summed E-state index contributed by atoms with van der Waals surface area (Å²) in [6.45, 7) is 0.803. The van der Waals surface area contributed by atoms with Gasteiger partial charge in [-0.3, -0.25) is 0 Å². The molecule has 0 amide bonds. The van der Waals surface area contributed by atoms with Crippen molar-refractivity contribution in [3.63, 3.8) is 0 Å². The lowest BCUT2D eigenvalue weighted by atomic mass is 9.99. The molecule has 112 valence electrons. The van der Waals surface area contributed by atoms with Gasteiger partial charge in [0.05, 0.1) is 11.3 Å². The van der Waals surface area contributed by atoms with E-state index in [0.717, 1.165) is 29.8 Å². The van der Waals surface area contributed by atoms with Crippen LogP contribution < -0.4 is 5.32 Å². The quantitative estimate of drug-likeness (QED) is 0.728. The summed E-state index contributed by atoms with van der Waals surface area (Å²) in [5.41, 5.74) is 4.92. The van der Waals surface area contributed by atoms with E-state index in [1.54, 1.807) is 0 Å². The van der Waals surface area contributed by atoms with Crippen LogP contribution in [0.15, 0.2) is 78.9 Å². The molecule has 23 heavy (non-hydrogen) atoms. The Bertz CT molecular complexity index is 802. The molecular formula is C21H18N2. The van der Waals surface area contributed by atoms with Crippen molar-refractivity contribution in [3.05, 3.63) is 90.0 Å². The van der Waals surface area contributed by atoms with Gasteiger partial charge in [-0.25, -0.2) is 0 Å². The number of rotatable bonds is 5. The van der Waals surface area contributed by atoms with Crippen LogP contribution in [0.25, 0.3) is 11.1 Å². The van der Waals surface area contributed by atoms with Crippen LogP contribution >= 0.6 is 0 Å². The van der Waals surface area contributed by atoms with Gasteiger partial charge in [-0.2, -0.15) is 5.26 Å². The molecule has 0 heterocycles. The molecule has 0 radical (unpaired) electrons. The van der Waals surface area contributed by atoms with Gasteiger partial charge in [0.2, 0.25) is 0 Å². The SMILES string of the molecule is N#Cc1c(NCCc2ccccc2)cccc1-c1ccccc1. The molecule has 3 aromatic carbocycles. The van der Waals surface area contributed by atoms with Crippen LogP contribution in [0.2, 0.25) is 0 Å². The van der Waals surface area contributed by atoms with Crippen LogP contribution in [0.4, 0.5) is 5.69 Å². The van der Waals surface area contributed by atoms with Crippen molar-refractivity contribution in [2.24, 2.45) is 0 Å². The highest BCUT2D eigenvalue weighted by atomic mass is 14.9. The third-order valence-electron chi connectivity index (χ3n) is 3.83. The van der Waals surface area contributed by atoms with Gasteiger partial charge in [0.1, 0.15) is 6.07 Å². The molecule has 0 aliphatic rings. The van der Waals surface area contributed by atoms with E-state index in [0.29, 0.717) is 5.56 Å². The van der Waals surface area contributed by atoms with Crippen LogP contribution in [-0.4, -0.2) is 6.54 Å². The Morgan fingerprint density at radius 2 is 1.48 bits per heavy atom. The Balaban J connectivity index is 1.79. The van der Waals surface area contributed by atoms with Crippen molar-refractivity contribution in [2.45, 2.75) is 6.42 Å². The molecule has 0 atom stereocenters. The average Bonchev–Trinajstić information content (AvgIpc) is 2.63. The minimum absolute atomic E-state index is 0.701. The molecule has 0 bridgehead atoms. The second-order valence-corrected chi connectivity index (χ2v) is 5.37. The van der Waals surface area contributed by atoms with E-state index < -0.39 is 0 Å². The highest BCUT2D eigenvalue weighted by Crippen LogP contribution is 2.28. The molecule has 0 spiro atoms. The standard InChI is InChI=1S/C21H18N2/c22-16-20-19(18-10-5-2-6-11-18)12-7-13-21(20)23-15-14-17-8-3-1-4-9-17/h1-13,23H,14-15H2. The normalized spacial score (nSPS) is 10.0. The number of anilines is 1. The smallest absolute Gasteiger partial charge is 0.102 e. The summed E-state index contributed by atoms with van der Waals surface area (Å²) in [7, 11) is 0. The minimum atomic E-state index is 0.701. The maximum absolute atomic E-state index is 9.59. The zero-order valence-electron chi connectivity index (χ0n) is 12.9. The van der Waals surface area contributed by atoms with Crippen LogP contribution in [0.5, 0.6) is 0 Å². The molecule has 1 N–H and O–H groups in total. The highest BCUT2D eigenvalue weighted by Gasteiger charge is 2.09. The molecule has 2 nitrogen and oxygen atoms in total. The highest BCUT2D eigenvalue weighted by molar-refractivity contribution is 5.77. The lowest BCUT2D eigenvalue weighted by Crippen LogP contribution is -2.06. The Hall–Kier alpha value is -3.05.